The first-order valence-electron chi connectivity index (χ1n) is 7.41. The summed E-state index contributed by atoms with van der Waals surface area (Å²) in [5, 5.41) is 0. The van der Waals surface area contributed by atoms with Crippen molar-refractivity contribution in [3.8, 4) is 5.75 Å². The van der Waals surface area contributed by atoms with Crippen molar-refractivity contribution in [2.45, 2.75) is 52.4 Å². The fourth-order valence-corrected chi connectivity index (χ4v) is 2.25. The minimum absolute atomic E-state index is 0.336. The molecule has 5 heteroatoms. The van der Waals surface area contributed by atoms with Crippen molar-refractivity contribution < 1.29 is 18.8 Å². The van der Waals surface area contributed by atoms with E-state index >= 15 is 0 Å². The van der Waals surface area contributed by atoms with Crippen LogP contribution in [0.4, 0.5) is 0 Å². The van der Waals surface area contributed by atoms with Gasteiger partial charge in [0.25, 0.3) is 0 Å². The summed E-state index contributed by atoms with van der Waals surface area (Å²) >= 11 is 0. The van der Waals surface area contributed by atoms with Crippen molar-refractivity contribution in [1.29, 1.82) is 0 Å². The third-order valence-electron chi connectivity index (χ3n) is 4.29. The quantitative estimate of drug-likeness (QED) is 0.782. The van der Waals surface area contributed by atoms with Crippen LogP contribution in [-0.2, 0) is 20.7 Å². The van der Waals surface area contributed by atoms with E-state index in [4.69, 9.17) is 18.8 Å². The van der Waals surface area contributed by atoms with Gasteiger partial charge in [-0.1, -0.05) is 12.1 Å². The van der Waals surface area contributed by atoms with Gasteiger partial charge < -0.3 is 18.8 Å². The zero-order chi connectivity index (χ0) is 15.7. The molecule has 0 aromatic heterocycles. The van der Waals surface area contributed by atoms with Crippen LogP contribution >= 0.6 is 0 Å². The van der Waals surface area contributed by atoms with Crippen LogP contribution in [0.15, 0.2) is 18.2 Å². The van der Waals surface area contributed by atoms with Crippen molar-refractivity contribution in [2.24, 2.45) is 0 Å². The predicted molar refractivity (Wildman–Crippen MR) is 84.0 cm³/mol. The summed E-state index contributed by atoms with van der Waals surface area (Å²) in [6, 6.07) is 5.96. The lowest BCUT2D eigenvalue weighted by Crippen LogP contribution is -2.41. The van der Waals surface area contributed by atoms with Crippen molar-refractivity contribution >= 4 is 12.6 Å². The molecule has 1 aliphatic heterocycles. The molecule has 0 unspecified atom stereocenters. The third kappa shape index (κ3) is 3.25. The van der Waals surface area contributed by atoms with Gasteiger partial charge in [-0.05, 0) is 46.1 Å². The maximum absolute atomic E-state index is 6.08. The summed E-state index contributed by atoms with van der Waals surface area (Å²) < 4.78 is 23.0. The lowest BCUT2D eigenvalue weighted by atomic mass is 9.78. The van der Waals surface area contributed by atoms with Crippen LogP contribution < -0.4 is 10.2 Å². The van der Waals surface area contributed by atoms with Gasteiger partial charge in [0.05, 0.1) is 24.9 Å². The fraction of sp³-hybridized carbons (Fsp3) is 0.625. The van der Waals surface area contributed by atoms with E-state index in [1.807, 2.05) is 25.1 Å². The van der Waals surface area contributed by atoms with E-state index in [1.165, 1.54) is 0 Å². The molecule has 21 heavy (non-hydrogen) atoms. The number of ether oxygens (including phenoxy) is 2. The van der Waals surface area contributed by atoms with E-state index < -0.39 is 0 Å². The topological polar surface area (TPSA) is 36.9 Å². The van der Waals surface area contributed by atoms with Gasteiger partial charge in [-0.2, -0.15) is 0 Å². The lowest BCUT2D eigenvalue weighted by Gasteiger charge is -2.32. The van der Waals surface area contributed by atoms with Crippen LogP contribution in [0, 0.1) is 0 Å². The van der Waals surface area contributed by atoms with Gasteiger partial charge >= 0.3 is 7.12 Å². The third-order valence-corrected chi connectivity index (χ3v) is 4.29. The Labute approximate surface area is 127 Å². The fourth-order valence-electron chi connectivity index (χ4n) is 2.25. The average Bonchev–Trinajstić information content (AvgIpc) is 2.65. The zero-order valence-corrected chi connectivity index (χ0v) is 13.9. The molecule has 0 aliphatic carbocycles. The predicted octanol–water partition coefficient (Wildman–Crippen LogP) is 2.53. The standard InChI is InChI=1S/C16H25BO4/c1-7-19-11-12-10-13(8-9-14(12)18-6)17-20-15(2,3)16(4,5)21-17/h8-10H,7,11H2,1-6H3. The summed E-state index contributed by atoms with van der Waals surface area (Å²) in [6.07, 6.45) is 0. The number of hydrogen-bond donors (Lipinski definition) is 0. The number of benzene rings is 1. The first-order valence-corrected chi connectivity index (χ1v) is 7.41. The highest BCUT2D eigenvalue weighted by Crippen LogP contribution is 2.36. The largest absolute Gasteiger partial charge is 0.496 e. The normalized spacial score (nSPS) is 19.8. The number of methoxy groups -OCH3 is 1. The first kappa shape index (κ1) is 16.3. The summed E-state index contributed by atoms with van der Waals surface area (Å²) in [5.41, 5.74) is 1.32. The Hall–Kier alpha value is -1.04. The molecule has 4 nitrogen and oxygen atoms in total. The Balaban J connectivity index is 2.25. The van der Waals surface area contributed by atoms with Gasteiger partial charge in [-0.3, -0.25) is 0 Å². The second kappa shape index (κ2) is 5.99. The average molecular weight is 292 g/mol. The van der Waals surface area contributed by atoms with Crippen LogP contribution in [0.3, 0.4) is 0 Å². The molecular formula is C16H25BO4. The van der Waals surface area contributed by atoms with E-state index in [1.54, 1.807) is 7.11 Å². The van der Waals surface area contributed by atoms with E-state index in [0.29, 0.717) is 13.2 Å². The SMILES string of the molecule is CCOCc1cc(B2OC(C)(C)C(C)(C)O2)ccc1OC. The molecule has 0 saturated carbocycles. The van der Waals surface area contributed by atoms with Gasteiger partial charge in [0, 0.05) is 12.2 Å². The Kier molecular flexibility index (Phi) is 4.66. The Morgan fingerprint density at radius 3 is 2.24 bits per heavy atom. The maximum atomic E-state index is 6.08. The maximum Gasteiger partial charge on any atom is 0.494 e. The molecule has 1 saturated heterocycles. The molecule has 0 spiro atoms. The molecule has 0 N–H and O–H groups in total. The summed E-state index contributed by atoms with van der Waals surface area (Å²) in [5.74, 6) is 0.823. The van der Waals surface area contributed by atoms with E-state index in [9.17, 15) is 0 Å². The summed E-state index contributed by atoms with van der Waals surface area (Å²) in [4.78, 5) is 0. The highest BCUT2D eigenvalue weighted by molar-refractivity contribution is 6.62. The van der Waals surface area contributed by atoms with Crippen LogP contribution in [-0.4, -0.2) is 32.0 Å². The first-order chi connectivity index (χ1) is 9.80. The van der Waals surface area contributed by atoms with Gasteiger partial charge in [-0.25, -0.2) is 0 Å². The summed E-state index contributed by atoms with van der Waals surface area (Å²) in [7, 11) is 1.31. The monoisotopic (exact) mass is 292 g/mol. The minimum Gasteiger partial charge on any atom is -0.496 e. The molecule has 116 valence electrons. The molecule has 2 rings (SSSR count). The van der Waals surface area contributed by atoms with Crippen LogP contribution in [0.25, 0.3) is 0 Å². The van der Waals surface area contributed by atoms with Crippen molar-refractivity contribution in [1.82, 2.24) is 0 Å². The Bertz CT molecular complexity index is 483. The molecule has 0 radical (unpaired) electrons. The highest BCUT2D eigenvalue weighted by atomic mass is 16.7. The van der Waals surface area contributed by atoms with Gasteiger partial charge in [0.1, 0.15) is 5.75 Å². The molecule has 0 amide bonds. The molecule has 0 atom stereocenters. The van der Waals surface area contributed by atoms with Gasteiger partial charge in [0.2, 0.25) is 0 Å². The van der Waals surface area contributed by atoms with Gasteiger partial charge in [0.15, 0.2) is 0 Å². The second-order valence-corrected chi connectivity index (χ2v) is 6.30. The van der Waals surface area contributed by atoms with Crippen molar-refractivity contribution in [2.75, 3.05) is 13.7 Å². The highest BCUT2D eigenvalue weighted by Gasteiger charge is 2.51. The molecule has 1 aromatic carbocycles. The smallest absolute Gasteiger partial charge is 0.494 e. The molecular weight excluding hydrogens is 267 g/mol. The van der Waals surface area contributed by atoms with Crippen molar-refractivity contribution in [3.63, 3.8) is 0 Å². The van der Waals surface area contributed by atoms with Crippen LogP contribution in [0.5, 0.6) is 5.75 Å². The molecule has 1 heterocycles. The molecule has 0 bridgehead atoms. The minimum atomic E-state index is -0.360. The number of hydrogen-bond acceptors (Lipinski definition) is 4. The second-order valence-electron chi connectivity index (χ2n) is 6.30. The Morgan fingerprint density at radius 2 is 1.71 bits per heavy atom. The molecule has 1 aromatic rings. The zero-order valence-electron chi connectivity index (χ0n) is 13.9. The number of rotatable bonds is 5. The Morgan fingerprint density at radius 1 is 1.10 bits per heavy atom. The van der Waals surface area contributed by atoms with E-state index in [0.717, 1.165) is 16.8 Å². The van der Waals surface area contributed by atoms with Crippen molar-refractivity contribution in [3.05, 3.63) is 23.8 Å². The van der Waals surface area contributed by atoms with Gasteiger partial charge in [-0.15, -0.1) is 0 Å². The summed E-state index contributed by atoms with van der Waals surface area (Å²) in [6.45, 7) is 11.4. The van der Waals surface area contributed by atoms with Crippen LogP contribution in [0.2, 0.25) is 0 Å². The lowest BCUT2D eigenvalue weighted by molar-refractivity contribution is 0.00578. The molecule has 1 aliphatic rings. The van der Waals surface area contributed by atoms with E-state index in [2.05, 4.69) is 27.7 Å². The van der Waals surface area contributed by atoms with Crippen LogP contribution in [0.1, 0.15) is 40.2 Å². The van der Waals surface area contributed by atoms with E-state index in [-0.39, 0.29) is 18.3 Å². The molecule has 1 fully saturated rings.